The Balaban J connectivity index is 1.58. The van der Waals surface area contributed by atoms with Gasteiger partial charge in [-0.05, 0) is 55.0 Å². The molecule has 8 heteroatoms. The van der Waals surface area contributed by atoms with Crippen LogP contribution in [-0.2, 0) is 17.9 Å². The fourth-order valence-electron chi connectivity index (χ4n) is 3.92. The third-order valence-corrected chi connectivity index (χ3v) is 6.32. The average Bonchev–Trinajstić information content (AvgIpc) is 2.89. The van der Waals surface area contributed by atoms with Crippen LogP contribution in [0.15, 0.2) is 97.1 Å². The molecule has 0 bridgehead atoms. The van der Waals surface area contributed by atoms with Crippen LogP contribution < -0.4 is 15.2 Å². The number of hydrogen-bond acceptors (Lipinski definition) is 5. The zero-order valence-corrected chi connectivity index (χ0v) is 22.1. The monoisotopic (exact) mass is 550 g/mol. The molecule has 0 saturated heterocycles. The van der Waals surface area contributed by atoms with Crippen molar-refractivity contribution in [3.05, 3.63) is 118 Å². The second kappa shape index (κ2) is 13.3. The number of nitrogens with zero attached hydrogens (tertiary/aromatic N) is 1. The second-order valence-corrected chi connectivity index (χ2v) is 9.65. The first-order valence-corrected chi connectivity index (χ1v) is 12.9. The predicted molar refractivity (Wildman–Crippen MR) is 150 cm³/mol. The maximum Gasteiger partial charge on any atom is 0.320 e. The minimum atomic E-state index is -1.03. The number of carbonyl (C=O) groups is 1. The fraction of sp³-hybridized carbons (Fsp3) is 0.167. The number of carboxylic acid groups (broad SMARTS) is 1. The van der Waals surface area contributed by atoms with Crippen molar-refractivity contribution in [3.8, 4) is 23.0 Å². The van der Waals surface area contributed by atoms with E-state index in [9.17, 15) is 9.90 Å². The third kappa shape index (κ3) is 7.97. The van der Waals surface area contributed by atoms with Crippen LogP contribution >= 0.6 is 23.2 Å². The Morgan fingerprint density at radius 1 is 0.763 bits per heavy atom. The van der Waals surface area contributed by atoms with Crippen LogP contribution in [0.5, 0.6) is 23.0 Å². The molecule has 196 valence electrons. The van der Waals surface area contributed by atoms with E-state index in [1.807, 2.05) is 72.8 Å². The summed E-state index contributed by atoms with van der Waals surface area (Å²) in [4.78, 5) is 13.5. The molecule has 38 heavy (non-hydrogen) atoms. The van der Waals surface area contributed by atoms with Gasteiger partial charge in [0.25, 0.3) is 0 Å². The van der Waals surface area contributed by atoms with Crippen molar-refractivity contribution < 1.29 is 19.4 Å². The van der Waals surface area contributed by atoms with Crippen LogP contribution in [0, 0.1) is 0 Å². The third-order valence-electron chi connectivity index (χ3n) is 5.85. The Morgan fingerprint density at radius 2 is 1.24 bits per heavy atom. The van der Waals surface area contributed by atoms with Crippen LogP contribution in [-0.4, -0.2) is 28.6 Å². The molecule has 0 saturated carbocycles. The molecule has 0 aromatic heterocycles. The highest BCUT2D eigenvalue weighted by atomic mass is 35.5. The van der Waals surface area contributed by atoms with Gasteiger partial charge in [-0.1, -0.05) is 71.7 Å². The molecule has 4 aromatic rings. The molecular weight excluding hydrogens is 523 g/mol. The Hall–Kier alpha value is -3.55. The Bertz CT molecular complexity index is 1290. The Labute approximate surface area is 232 Å². The highest BCUT2D eigenvalue weighted by Gasteiger charge is 2.18. The van der Waals surface area contributed by atoms with Crippen molar-refractivity contribution in [1.29, 1.82) is 0 Å². The van der Waals surface area contributed by atoms with E-state index in [0.29, 0.717) is 52.7 Å². The summed E-state index contributed by atoms with van der Waals surface area (Å²) in [5.74, 6) is 1.60. The molecule has 3 N–H and O–H groups in total. The maximum absolute atomic E-state index is 11.4. The minimum Gasteiger partial charge on any atom is -0.480 e. The highest BCUT2D eigenvalue weighted by molar-refractivity contribution is 6.31. The zero-order valence-electron chi connectivity index (χ0n) is 20.6. The van der Waals surface area contributed by atoms with Crippen molar-refractivity contribution in [1.82, 2.24) is 4.90 Å². The van der Waals surface area contributed by atoms with Gasteiger partial charge in [-0.3, -0.25) is 9.69 Å². The molecular formula is C30H28Cl2N2O4. The van der Waals surface area contributed by atoms with Crippen LogP contribution in [0.1, 0.15) is 17.5 Å². The Morgan fingerprint density at radius 3 is 1.68 bits per heavy atom. The molecule has 0 radical (unpaired) electrons. The zero-order chi connectivity index (χ0) is 26.9. The van der Waals surface area contributed by atoms with Gasteiger partial charge in [-0.25, -0.2) is 0 Å². The molecule has 0 aliphatic rings. The molecule has 0 heterocycles. The van der Waals surface area contributed by atoms with Gasteiger partial charge in [-0.15, -0.1) is 0 Å². The summed E-state index contributed by atoms with van der Waals surface area (Å²) >= 11 is 12.3. The van der Waals surface area contributed by atoms with E-state index < -0.39 is 12.0 Å². The lowest BCUT2D eigenvalue weighted by molar-refractivity contribution is -0.138. The minimum absolute atomic E-state index is 0.282. The van der Waals surface area contributed by atoms with E-state index in [2.05, 4.69) is 4.90 Å². The van der Waals surface area contributed by atoms with Crippen molar-refractivity contribution in [3.63, 3.8) is 0 Å². The summed E-state index contributed by atoms with van der Waals surface area (Å²) in [5, 5.41) is 10.5. The smallest absolute Gasteiger partial charge is 0.320 e. The lowest BCUT2D eigenvalue weighted by atomic mass is 10.1. The van der Waals surface area contributed by atoms with Crippen molar-refractivity contribution in [2.75, 3.05) is 6.54 Å². The first-order valence-electron chi connectivity index (χ1n) is 12.1. The summed E-state index contributed by atoms with van der Waals surface area (Å²) < 4.78 is 12.3. The van der Waals surface area contributed by atoms with Crippen LogP contribution in [0.4, 0.5) is 0 Å². The second-order valence-electron chi connectivity index (χ2n) is 8.78. The summed E-state index contributed by atoms with van der Waals surface area (Å²) in [7, 11) is 0. The number of para-hydroxylation sites is 2. The Kier molecular flexibility index (Phi) is 9.62. The van der Waals surface area contributed by atoms with Gasteiger partial charge in [0.1, 0.15) is 29.0 Å². The topological polar surface area (TPSA) is 85.0 Å². The highest BCUT2D eigenvalue weighted by Crippen LogP contribution is 2.31. The van der Waals surface area contributed by atoms with E-state index in [1.54, 1.807) is 24.3 Å². The average molecular weight is 551 g/mol. The van der Waals surface area contributed by atoms with Gasteiger partial charge < -0.3 is 20.3 Å². The van der Waals surface area contributed by atoms with E-state index in [4.69, 9.17) is 38.4 Å². The molecule has 0 spiro atoms. The molecule has 0 aliphatic heterocycles. The van der Waals surface area contributed by atoms with Gasteiger partial charge in [-0.2, -0.15) is 0 Å². The summed E-state index contributed by atoms with van der Waals surface area (Å²) in [6.45, 7) is 1.44. The van der Waals surface area contributed by atoms with Crippen LogP contribution in [0.25, 0.3) is 0 Å². The van der Waals surface area contributed by atoms with E-state index in [0.717, 1.165) is 11.1 Å². The van der Waals surface area contributed by atoms with Gasteiger partial charge >= 0.3 is 5.97 Å². The molecule has 0 unspecified atom stereocenters. The number of aliphatic carboxylic acids is 1. The molecule has 1 atom stereocenters. The van der Waals surface area contributed by atoms with Gasteiger partial charge in [0.2, 0.25) is 0 Å². The number of carboxylic acids is 1. The van der Waals surface area contributed by atoms with E-state index >= 15 is 0 Å². The van der Waals surface area contributed by atoms with Gasteiger partial charge in [0.15, 0.2) is 0 Å². The van der Waals surface area contributed by atoms with Gasteiger partial charge in [0, 0.05) is 40.8 Å². The van der Waals surface area contributed by atoms with Gasteiger partial charge in [0.05, 0.1) is 0 Å². The molecule has 0 aliphatic carbocycles. The number of benzene rings is 4. The van der Waals surface area contributed by atoms with Crippen molar-refractivity contribution >= 4 is 29.2 Å². The number of rotatable bonds is 12. The summed E-state index contributed by atoms with van der Waals surface area (Å²) in [5.41, 5.74) is 7.71. The van der Waals surface area contributed by atoms with Crippen LogP contribution in [0.2, 0.25) is 10.0 Å². The SMILES string of the molecule is N[C@H](CCN(Cc1ccccc1Oc1cccc(Cl)c1)Cc1ccccc1Oc1cccc(Cl)c1)C(=O)O. The standard InChI is InChI=1S/C30H28Cl2N2O4/c31-23-9-5-11-25(17-23)37-28-13-3-1-7-21(28)19-34(16-15-27(33)30(35)36)20-22-8-2-4-14-29(22)38-26-12-6-10-24(32)18-26/h1-14,17-18,27H,15-16,19-20,33H2,(H,35,36)/t27-/m1/s1. The summed E-state index contributed by atoms with van der Waals surface area (Å²) in [6, 6.07) is 28.9. The number of hydrogen-bond donors (Lipinski definition) is 2. The maximum atomic E-state index is 11.4. The van der Waals surface area contributed by atoms with E-state index in [1.165, 1.54) is 0 Å². The fourth-order valence-corrected chi connectivity index (χ4v) is 4.28. The van der Waals surface area contributed by atoms with Crippen molar-refractivity contribution in [2.24, 2.45) is 5.73 Å². The molecule has 6 nitrogen and oxygen atoms in total. The number of halogens is 2. The normalized spacial score (nSPS) is 11.8. The molecule has 0 amide bonds. The number of nitrogens with two attached hydrogens (primary N) is 1. The predicted octanol–water partition coefficient (Wildman–Crippen LogP) is 7.38. The number of ether oxygens (including phenoxy) is 2. The first-order chi connectivity index (χ1) is 18.4. The molecule has 0 fully saturated rings. The quantitative estimate of drug-likeness (QED) is 0.191. The lowest BCUT2D eigenvalue weighted by Crippen LogP contribution is -2.35. The van der Waals surface area contributed by atoms with Crippen molar-refractivity contribution in [2.45, 2.75) is 25.6 Å². The largest absolute Gasteiger partial charge is 0.480 e. The van der Waals surface area contributed by atoms with E-state index in [-0.39, 0.29) is 6.42 Å². The summed E-state index contributed by atoms with van der Waals surface area (Å²) in [6.07, 6.45) is 0.282. The molecule has 4 rings (SSSR count). The molecule has 4 aromatic carbocycles. The van der Waals surface area contributed by atoms with Crippen LogP contribution in [0.3, 0.4) is 0 Å². The lowest BCUT2D eigenvalue weighted by Gasteiger charge is -2.25. The first kappa shape index (κ1) is 27.5.